The fourth-order valence-corrected chi connectivity index (χ4v) is 2.74. The summed E-state index contributed by atoms with van der Waals surface area (Å²) in [5, 5.41) is 7.65. The Kier molecular flexibility index (Phi) is 2.96. The third-order valence-electron chi connectivity index (χ3n) is 3.91. The van der Waals surface area contributed by atoms with Crippen molar-refractivity contribution in [2.75, 3.05) is 31.1 Å². The number of nitrogens with two attached hydrogens (primary N) is 1. The van der Waals surface area contributed by atoms with Crippen molar-refractivity contribution >= 4 is 11.5 Å². The maximum atomic E-state index is 7.65. The van der Waals surface area contributed by atoms with Crippen LogP contribution in [-0.2, 0) is 0 Å². The van der Waals surface area contributed by atoms with Crippen molar-refractivity contribution in [3.8, 4) is 0 Å². The molecule has 1 aromatic rings. The lowest BCUT2D eigenvalue weighted by Crippen LogP contribution is -2.47. The van der Waals surface area contributed by atoms with Crippen LogP contribution < -0.4 is 10.6 Å². The predicted octanol–water partition coefficient (Wildman–Crippen LogP) is 1.26. The molecule has 1 saturated carbocycles. The molecule has 1 aromatic carbocycles. The van der Waals surface area contributed by atoms with Gasteiger partial charge in [0.2, 0.25) is 0 Å². The van der Waals surface area contributed by atoms with Gasteiger partial charge in [-0.1, -0.05) is 12.1 Å². The van der Waals surface area contributed by atoms with Crippen LogP contribution in [-0.4, -0.2) is 43.0 Å². The van der Waals surface area contributed by atoms with E-state index >= 15 is 0 Å². The summed E-state index contributed by atoms with van der Waals surface area (Å²) in [7, 11) is 0. The minimum Gasteiger partial charge on any atom is -0.384 e. The number of nitrogens with one attached hydrogen (secondary N) is 1. The molecular weight excluding hydrogens is 224 g/mol. The second-order valence-corrected chi connectivity index (χ2v) is 5.19. The zero-order chi connectivity index (χ0) is 12.5. The lowest BCUT2D eigenvalue weighted by atomic mass is 10.1. The predicted molar refractivity (Wildman–Crippen MR) is 74.3 cm³/mol. The highest BCUT2D eigenvalue weighted by atomic mass is 15.3. The van der Waals surface area contributed by atoms with Gasteiger partial charge >= 0.3 is 0 Å². The summed E-state index contributed by atoms with van der Waals surface area (Å²) >= 11 is 0. The fourth-order valence-electron chi connectivity index (χ4n) is 2.74. The quantitative estimate of drug-likeness (QED) is 0.621. The first-order valence-corrected chi connectivity index (χ1v) is 6.68. The normalized spacial score (nSPS) is 21.0. The number of hydrogen-bond donors (Lipinski definition) is 2. The van der Waals surface area contributed by atoms with Crippen molar-refractivity contribution in [2.24, 2.45) is 5.73 Å². The van der Waals surface area contributed by atoms with E-state index in [1.54, 1.807) is 0 Å². The lowest BCUT2D eigenvalue weighted by molar-refractivity contribution is 0.248. The largest absolute Gasteiger partial charge is 0.384 e. The summed E-state index contributed by atoms with van der Waals surface area (Å²) in [6.07, 6.45) is 2.76. The molecule has 0 bridgehead atoms. The maximum absolute atomic E-state index is 7.65. The molecule has 3 rings (SSSR count). The average Bonchev–Trinajstić information content (AvgIpc) is 3.23. The molecule has 4 heteroatoms. The van der Waals surface area contributed by atoms with E-state index in [9.17, 15) is 0 Å². The highest BCUT2D eigenvalue weighted by molar-refractivity contribution is 6.00. The summed E-state index contributed by atoms with van der Waals surface area (Å²) in [4.78, 5) is 4.95. The number of amidine groups is 1. The van der Waals surface area contributed by atoms with Crippen molar-refractivity contribution in [1.29, 1.82) is 5.41 Å². The standard InChI is InChI=1S/C14H20N4/c15-14(16)12-3-1-2-4-13(12)18-9-7-17(8-10-18)11-5-6-11/h1-4,11H,5-10H2,(H3,15,16). The first kappa shape index (κ1) is 11.5. The van der Waals surface area contributed by atoms with Gasteiger partial charge in [0.1, 0.15) is 5.84 Å². The summed E-state index contributed by atoms with van der Waals surface area (Å²) in [6, 6.07) is 8.83. The first-order chi connectivity index (χ1) is 8.75. The van der Waals surface area contributed by atoms with Crippen LogP contribution in [0.3, 0.4) is 0 Å². The molecule has 0 spiro atoms. The molecule has 0 aromatic heterocycles. The molecule has 0 unspecified atom stereocenters. The Morgan fingerprint density at radius 2 is 1.78 bits per heavy atom. The molecule has 18 heavy (non-hydrogen) atoms. The Labute approximate surface area is 108 Å². The molecular formula is C14H20N4. The van der Waals surface area contributed by atoms with E-state index in [1.165, 1.54) is 12.8 Å². The Hall–Kier alpha value is -1.55. The minimum absolute atomic E-state index is 0.162. The van der Waals surface area contributed by atoms with Gasteiger partial charge in [0.05, 0.1) is 0 Å². The minimum atomic E-state index is 0.162. The van der Waals surface area contributed by atoms with Gasteiger partial charge in [-0.05, 0) is 25.0 Å². The van der Waals surface area contributed by atoms with E-state index in [4.69, 9.17) is 11.1 Å². The van der Waals surface area contributed by atoms with E-state index in [1.807, 2.05) is 18.2 Å². The van der Waals surface area contributed by atoms with Crippen molar-refractivity contribution in [1.82, 2.24) is 4.90 Å². The van der Waals surface area contributed by atoms with Crippen molar-refractivity contribution < 1.29 is 0 Å². The van der Waals surface area contributed by atoms with Crippen LogP contribution in [0.2, 0.25) is 0 Å². The molecule has 0 amide bonds. The number of rotatable bonds is 3. The SMILES string of the molecule is N=C(N)c1ccccc1N1CCN(C2CC2)CC1. The molecule has 1 aliphatic heterocycles. The number of para-hydroxylation sites is 1. The number of nitrogen functional groups attached to an aromatic ring is 1. The smallest absolute Gasteiger partial charge is 0.124 e. The van der Waals surface area contributed by atoms with Crippen LogP contribution in [0.1, 0.15) is 18.4 Å². The lowest BCUT2D eigenvalue weighted by Gasteiger charge is -2.37. The van der Waals surface area contributed by atoms with E-state index in [0.717, 1.165) is 43.5 Å². The van der Waals surface area contributed by atoms with Gasteiger partial charge < -0.3 is 10.6 Å². The Morgan fingerprint density at radius 3 is 2.39 bits per heavy atom. The van der Waals surface area contributed by atoms with Gasteiger partial charge in [0.15, 0.2) is 0 Å². The summed E-state index contributed by atoms with van der Waals surface area (Å²) in [5.41, 5.74) is 7.62. The van der Waals surface area contributed by atoms with Gasteiger partial charge in [-0.2, -0.15) is 0 Å². The van der Waals surface area contributed by atoms with Crippen LogP contribution in [0.15, 0.2) is 24.3 Å². The molecule has 0 radical (unpaired) electrons. The average molecular weight is 244 g/mol. The zero-order valence-electron chi connectivity index (χ0n) is 10.6. The second kappa shape index (κ2) is 4.61. The van der Waals surface area contributed by atoms with Gasteiger partial charge in [-0.15, -0.1) is 0 Å². The third kappa shape index (κ3) is 2.20. The zero-order valence-corrected chi connectivity index (χ0v) is 10.6. The fraction of sp³-hybridized carbons (Fsp3) is 0.500. The Bertz CT molecular complexity index is 445. The second-order valence-electron chi connectivity index (χ2n) is 5.19. The van der Waals surface area contributed by atoms with Gasteiger partial charge in [-0.25, -0.2) is 0 Å². The number of piperazine rings is 1. The van der Waals surface area contributed by atoms with Crippen LogP contribution >= 0.6 is 0 Å². The Morgan fingerprint density at radius 1 is 1.11 bits per heavy atom. The molecule has 1 heterocycles. The number of benzene rings is 1. The van der Waals surface area contributed by atoms with Crippen LogP contribution in [0.25, 0.3) is 0 Å². The summed E-state index contributed by atoms with van der Waals surface area (Å²) in [6.45, 7) is 4.36. The topological polar surface area (TPSA) is 56.4 Å². The van der Waals surface area contributed by atoms with E-state index in [0.29, 0.717) is 0 Å². The van der Waals surface area contributed by atoms with E-state index in [2.05, 4.69) is 15.9 Å². The number of anilines is 1. The first-order valence-electron chi connectivity index (χ1n) is 6.68. The van der Waals surface area contributed by atoms with Crippen molar-refractivity contribution in [3.05, 3.63) is 29.8 Å². The molecule has 96 valence electrons. The van der Waals surface area contributed by atoms with Crippen LogP contribution in [0.5, 0.6) is 0 Å². The third-order valence-corrected chi connectivity index (χ3v) is 3.91. The summed E-state index contributed by atoms with van der Waals surface area (Å²) in [5.74, 6) is 0.162. The van der Waals surface area contributed by atoms with Crippen molar-refractivity contribution in [3.63, 3.8) is 0 Å². The van der Waals surface area contributed by atoms with Gasteiger partial charge in [0, 0.05) is 43.5 Å². The highest BCUT2D eigenvalue weighted by Crippen LogP contribution is 2.29. The monoisotopic (exact) mass is 244 g/mol. The molecule has 0 atom stereocenters. The molecule has 1 aliphatic carbocycles. The van der Waals surface area contributed by atoms with Gasteiger partial charge in [-0.3, -0.25) is 10.3 Å². The number of nitrogens with zero attached hydrogens (tertiary/aromatic N) is 2. The molecule has 1 saturated heterocycles. The van der Waals surface area contributed by atoms with E-state index < -0.39 is 0 Å². The van der Waals surface area contributed by atoms with Gasteiger partial charge in [0.25, 0.3) is 0 Å². The number of hydrogen-bond acceptors (Lipinski definition) is 3. The molecule has 4 nitrogen and oxygen atoms in total. The molecule has 3 N–H and O–H groups in total. The molecule has 2 fully saturated rings. The van der Waals surface area contributed by atoms with Crippen LogP contribution in [0.4, 0.5) is 5.69 Å². The van der Waals surface area contributed by atoms with Crippen LogP contribution in [0, 0.1) is 5.41 Å². The maximum Gasteiger partial charge on any atom is 0.124 e. The van der Waals surface area contributed by atoms with E-state index in [-0.39, 0.29) is 5.84 Å². The van der Waals surface area contributed by atoms with Crippen molar-refractivity contribution in [2.45, 2.75) is 18.9 Å². The summed E-state index contributed by atoms with van der Waals surface area (Å²) < 4.78 is 0. The molecule has 2 aliphatic rings. The Balaban J connectivity index is 1.73. The highest BCUT2D eigenvalue weighted by Gasteiger charge is 2.31.